The largest absolute Gasteiger partial charge is 0.463 e. The Balaban J connectivity index is 2.37. The van der Waals surface area contributed by atoms with Gasteiger partial charge in [0.1, 0.15) is 5.76 Å². The first-order chi connectivity index (χ1) is 8.11. The van der Waals surface area contributed by atoms with Gasteiger partial charge in [0.15, 0.2) is 0 Å². The number of benzene rings is 1. The zero-order valence-corrected chi connectivity index (χ0v) is 10.1. The second-order valence-electron chi connectivity index (χ2n) is 3.95. The van der Waals surface area contributed by atoms with Gasteiger partial charge in [0.2, 0.25) is 5.76 Å². The summed E-state index contributed by atoms with van der Waals surface area (Å²) in [4.78, 5) is 11.3. The number of carbonyl (C=O) groups is 1. The second-order valence-corrected chi connectivity index (χ2v) is 3.95. The number of carbonyl (C=O) groups excluding carboxylic acids is 1. The fraction of sp³-hybridized carbons (Fsp3) is 0.214. The van der Waals surface area contributed by atoms with Gasteiger partial charge in [0.05, 0.1) is 7.11 Å². The van der Waals surface area contributed by atoms with Crippen LogP contribution < -0.4 is 0 Å². The van der Waals surface area contributed by atoms with Crippen molar-refractivity contribution < 1.29 is 13.9 Å². The van der Waals surface area contributed by atoms with E-state index in [1.54, 1.807) is 12.1 Å². The molecule has 88 valence electrons. The van der Waals surface area contributed by atoms with Gasteiger partial charge in [-0.15, -0.1) is 0 Å². The van der Waals surface area contributed by atoms with Crippen molar-refractivity contribution in [2.75, 3.05) is 7.11 Å². The number of ether oxygens (including phenoxy) is 1. The molecule has 0 amide bonds. The molecule has 0 fully saturated rings. The lowest BCUT2D eigenvalue weighted by Crippen LogP contribution is -1.98. The van der Waals surface area contributed by atoms with E-state index in [-0.39, 0.29) is 5.76 Å². The average molecular weight is 230 g/mol. The second kappa shape index (κ2) is 4.45. The molecule has 0 atom stereocenters. The number of aryl methyl sites for hydroxylation is 2. The molecule has 2 aromatic rings. The van der Waals surface area contributed by atoms with Crippen molar-refractivity contribution in [2.24, 2.45) is 0 Å². The van der Waals surface area contributed by atoms with E-state index in [0.29, 0.717) is 5.76 Å². The van der Waals surface area contributed by atoms with Gasteiger partial charge in [-0.25, -0.2) is 4.79 Å². The predicted octanol–water partition coefficient (Wildman–Crippen LogP) is 3.35. The molecule has 0 bridgehead atoms. The first-order valence-corrected chi connectivity index (χ1v) is 5.37. The molecule has 0 spiro atoms. The summed E-state index contributed by atoms with van der Waals surface area (Å²) in [6, 6.07) is 9.44. The minimum absolute atomic E-state index is 0.223. The predicted molar refractivity (Wildman–Crippen MR) is 65.0 cm³/mol. The van der Waals surface area contributed by atoms with Crippen LogP contribution in [0.5, 0.6) is 0 Å². The number of furan rings is 1. The van der Waals surface area contributed by atoms with E-state index >= 15 is 0 Å². The molecule has 3 heteroatoms. The summed E-state index contributed by atoms with van der Waals surface area (Å²) in [7, 11) is 1.33. The van der Waals surface area contributed by atoms with Gasteiger partial charge in [0, 0.05) is 5.56 Å². The molecule has 0 saturated carbocycles. The molecule has 0 aliphatic heterocycles. The number of esters is 1. The van der Waals surface area contributed by atoms with Crippen LogP contribution in [0.1, 0.15) is 21.7 Å². The molecule has 0 radical (unpaired) electrons. The summed E-state index contributed by atoms with van der Waals surface area (Å²) in [6.07, 6.45) is 0. The Morgan fingerprint density at radius 3 is 2.53 bits per heavy atom. The average Bonchev–Trinajstić information content (AvgIpc) is 2.81. The van der Waals surface area contributed by atoms with Crippen molar-refractivity contribution in [3.05, 3.63) is 47.2 Å². The highest BCUT2D eigenvalue weighted by Gasteiger charge is 2.12. The smallest absolute Gasteiger partial charge is 0.373 e. The Labute approximate surface area is 100 Å². The lowest BCUT2D eigenvalue weighted by Gasteiger charge is -2.02. The van der Waals surface area contributed by atoms with Crippen LogP contribution in [0.25, 0.3) is 11.3 Å². The van der Waals surface area contributed by atoms with Crippen molar-refractivity contribution in [3.63, 3.8) is 0 Å². The van der Waals surface area contributed by atoms with Crippen molar-refractivity contribution in [1.29, 1.82) is 0 Å². The highest BCUT2D eigenvalue weighted by atomic mass is 16.5. The van der Waals surface area contributed by atoms with E-state index in [2.05, 4.69) is 11.7 Å². The van der Waals surface area contributed by atoms with Gasteiger partial charge < -0.3 is 9.15 Å². The molecule has 1 heterocycles. The molecule has 0 N–H and O–H groups in total. The molecule has 1 aromatic heterocycles. The summed E-state index contributed by atoms with van der Waals surface area (Å²) in [5.74, 6) is 0.439. The van der Waals surface area contributed by atoms with Crippen molar-refractivity contribution in [3.8, 4) is 11.3 Å². The van der Waals surface area contributed by atoms with Crippen molar-refractivity contribution in [2.45, 2.75) is 13.8 Å². The third-order valence-corrected chi connectivity index (χ3v) is 2.78. The number of methoxy groups -OCH3 is 1. The lowest BCUT2D eigenvalue weighted by atomic mass is 10.1. The third-order valence-electron chi connectivity index (χ3n) is 2.78. The van der Waals surface area contributed by atoms with E-state index in [1.807, 2.05) is 25.1 Å². The molecule has 0 saturated heterocycles. The van der Waals surface area contributed by atoms with Crippen LogP contribution in [0, 0.1) is 13.8 Å². The fourth-order valence-electron chi connectivity index (χ4n) is 1.60. The topological polar surface area (TPSA) is 39.4 Å². The highest BCUT2D eigenvalue weighted by Crippen LogP contribution is 2.24. The quantitative estimate of drug-likeness (QED) is 0.743. The Bertz CT molecular complexity index is 552. The number of rotatable bonds is 2. The van der Waals surface area contributed by atoms with E-state index < -0.39 is 5.97 Å². The Morgan fingerprint density at radius 2 is 1.88 bits per heavy atom. The summed E-state index contributed by atoms with van der Waals surface area (Å²) in [5, 5.41) is 0. The van der Waals surface area contributed by atoms with Gasteiger partial charge in [-0.05, 0) is 43.2 Å². The molecule has 2 rings (SSSR count). The van der Waals surface area contributed by atoms with Gasteiger partial charge in [-0.3, -0.25) is 0 Å². The Morgan fingerprint density at radius 1 is 1.12 bits per heavy atom. The van der Waals surface area contributed by atoms with Crippen LogP contribution in [0.4, 0.5) is 0 Å². The summed E-state index contributed by atoms with van der Waals surface area (Å²) >= 11 is 0. The zero-order chi connectivity index (χ0) is 12.4. The molecular formula is C14H14O3. The maximum absolute atomic E-state index is 11.3. The van der Waals surface area contributed by atoms with Crippen LogP contribution in [0.2, 0.25) is 0 Å². The summed E-state index contributed by atoms with van der Waals surface area (Å²) in [6.45, 7) is 4.10. The van der Waals surface area contributed by atoms with Crippen LogP contribution in [0.3, 0.4) is 0 Å². The number of hydrogen-bond donors (Lipinski definition) is 0. The van der Waals surface area contributed by atoms with E-state index in [1.165, 1.54) is 18.2 Å². The lowest BCUT2D eigenvalue weighted by molar-refractivity contribution is 0.0566. The normalized spacial score (nSPS) is 10.3. The molecular weight excluding hydrogens is 216 g/mol. The van der Waals surface area contributed by atoms with Gasteiger partial charge in [-0.2, -0.15) is 0 Å². The van der Waals surface area contributed by atoms with Crippen LogP contribution in [-0.4, -0.2) is 13.1 Å². The van der Waals surface area contributed by atoms with E-state index in [9.17, 15) is 4.79 Å². The molecule has 0 unspecified atom stereocenters. The van der Waals surface area contributed by atoms with Crippen molar-refractivity contribution in [1.82, 2.24) is 0 Å². The standard InChI is InChI=1S/C14H14O3/c1-9-4-5-11(8-10(9)2)12-6-7-13(17-12)14(15)16-3/h4-8H,1-3H3. The van der Waals surface area contributed by atoms with Crippen molar-refractivity contribution >= 4 is 5.97 Å². The van der Waals surface area contributed by atoms with Gasteiger partial charge in [-0.1, -0.05) is 12.1 Å². The first-order valence-electron chi connectivity index (χ1n) is 5.37. The summed E-state index contributed by atoms with van der Waals surface area (Å²) in [5.41, 5.74) is 3.38. The minimum Gasteiger partial charge on any atom is -0.463 e. The Hall–Kier alpha value is -2.03. The third kappa shape index (κ3) is 2.23. The van der Waals surface area contributed by atoms with Crippen LogP contribution in [-0.2, 0) is 4.74 Å². The fourth-order valence-corrected chi connectivity index (χ4v) is 1.60. The molecule has 0 aliphatic carbocycles. The van der Waals surface area contributed by atoms with Gasteiger partial charge in [0.25, 0.3) is 0 Å². The first kappa shape index (κ1) is 11.5. The van der Waals surface area contributed by atoms with Crippen LogP contribution >= 0.6 is 0 Å². The number of hydrogen-bond acceptors (Lipinski definition) is 3. The van der Waals surface area contributed by atoms with E-state index in [4.69, 9.17) is 4.42 Å². The Kier molecular flexibility index (Phi) is 3.00. The maximum Gasteiger partial charge on any atom is 0.373 e. The monoisotopic (exact) mass is 230 g/mol. The van der Waals surface area contributed by atoms with E-state index in [0.717, 1.165) is 5.56 Å². The highest BCUT2D eigenvalue weighted by molar-refractivity contribution is 5.87. The zero-order valence-electron chi connectivity index (χ0n) is 10.1. The molecule has 17 heavy (non-hydrogen) atoms. The van der Waals surface area contributed by atoms with Gasteiger partial charge >= 0.3 is 5.97 Å². The summed E-state index contributed by atoms with van der Waals surface area (Å²) < 4.78 is 10.0. The van der Waals surface area contributed by atoms with Crippen LogP contribution in [0.15, 0.2) is 34.7 Å². The maximum atomic E-state index is 11.3. The molecule has 1 aromatic carbocycles. The SMILES string of the molecule is COC(=O)c1ccc(-c2ccc(C)c(C)c2)o1. The molecule has 0 aliphatic rings. The molecule has 3 nitrogen and oxygen atoms in total. The minimum atomic E-state index is -0.458.